The van der Waals surface area contributed by atoms with Crippen LogP contribution in [0.1, 0.15) is 24.8 Å². The van der Waals surface area contributed by atoms with Crippen LogP contribution in [0.4, 0.5) is 13.2 Å². The van der Waals surface area contributed by atoms with E-state index in [1.54, 1.807) is 0 Å². The molecule has 24 heavy (non-hydrogen) atoms. The SMILES string of the molecule is O=C1CCNC(S(=O)(=O)c2cccc(C(F)(F)F)c2)C2CCCN12. The molecule has 1 aromatic rings. The third-order valence-corrected chi connectivity index (χ3v) is 6.54. The van der Waals surface area contributed by atoms with E-state index in [9.17, 15) is 26.4 Å². The molecule has 2 atom stereocenters. The van der Waals surface area contributed by atoms with Crippen LogP contribution in [-0.2, 0) is 20.8 Å². The normalized spacial score (nSPS) is 25.5. The minimum Gasteiger partial charge on any atom is -0.337 e. The van der Waals surface area contributed by atoms with Gasteiger partial charge in [-0.2, -0.15) is 13.2 Å². The average Bonchev–Trinajstić information content (AvgIpc) is 2.93. The van der Waals surface area contributed by atoms with Crippen LogP contribution in [0.15, 0.2) is 29.2 Å². The first-order valence-electron chi connectivity index (χ1n) is 7.65. The molecule has 0 saturated carbocycles. The van der Waals surface area contributed by atoms with Crippen molar-refractivity contribution in [3.8, 4) is 0 Å². The largest absolute Gasteiger partial charge is 0.416 e. The quantitative estimate of drug-likeness (QED) is 0.871. The number of carbonyl (C=O) groups excluding carboxylic acids is 1. The number of benzene rings is 1. The molecular weight excluding hydrogens is 345 g/mol. The van der Waals surface area contributed by atoms with Crippen molar-refractivity contribution in [1.29, 1.82) is 0 Å². The first-order chi connectivity index (χ1) is 11.2. The molecule has 0 aromatic heterocycles. The van der Waals surface area contributed by atoms with Crippen molar-refractivity contribution >= 4 is 15.7 Å². The lowest BCUT2D eigenvalue weighted by molar-refractivity contribution is -0.137. The summed E-state index contributed by atoms with van der Waals surface area (Å²) in [7, 11) is -4.05. The molecule has 1 aromatic carbocycles. The van der Waals surface area contributed by atoms with E-state index in [1.807, 2.05) is 0 Å². The average molecular weight is 362 g/mol. The van der Waals surface area contributed by atoms with Crippen LogP contribution in [0.25, 0.3) is 0 Å². The Labute approximate surface area is 137 Å². The molecule has 2 heterocycles. The maximum Gasteiger partial charge on any atom is 0.416 e. The lowest BCUT2D eigenvalue weighted by atomic mass is 10.2. The summed E-state index contributed by atoms with van der Waals surface area (Å²) in [6.07, 6.45) is -3.23. The minimum atomic E-state index is -4.61. The molecule has 132 valence electrons. The summed E-state index contributed by atoms with van der Waals surface area (Å²) in [6, 6.07) is 3.20. The van der Waals surface area contributed by atoms with E-state index in [0.717, 1.165) is 18.2 Å². The monoisotopic (exact) mass is 362 g/mol. The van der Waals surface area contributed by atoms with E-state index in [-0.39, 0.29) is 23.8 Å². The number of amides is 1. The number of nitrogens with one attached hydrogen (secondary N) is 1. The Kier molecular flexibility index (Phi) is 4.33. The van der Waals surface area contributed by atoms with Crippen molar-refractivity contribution in [2.75, 3.05) is 13.1 Å². The second-order valence-corrected chi connectivity index (χ2v) is 8.06. The molecule has 9 heteroatoms. The highest BCUT2D eigenvalue weighted by molar-refractivity contribution is 7.92. The molecule has 2 unspecified atom stereocenters. The Morgan fingerprint density at radius 2 is 2.00 bits per heavy atom. The van der Waals surface area contributed by atoms with Crippen LogP contribution >= 0.6 is 0 Å². The number of rotatable bonds is 2. The summed E-state index contributed by atoms with van der Waals surface area (Å²) < 4.78 is 64.4. The van der Waals surface area contributed by atoms with Gasteiger partial charge in [0, 0.05) is 19.5 Å². The molecule has 3 rings (SSSR count). The first-order valence-corrected chi connectivity index (χ1v) is 9.20. The van der Waals surface area contributed by atoms with Gasteiger partial charge in [-0.3, -0.25) is 10.1 Å². The summed E-state index contributed by atoms with van der Waals surface area (Å²) >= 11 is 0. The van der Waals surface area contributed by atoms with Crippen LogP contribution in [0, 0.1) is 0 Å². The predicted octanol–water partition coefficient (Wildman–Crippen LogP) is 1.79. The lowest BCUT2D eigenvalue weighted by Gasteiger charge is -2.29. The summed E-state index contributed by atoms with van der Waals surface area (Å²) in [5.41, 5.74) is -1.00. The van der Waals surface area contributed by atoms with Crippen molar-refractivity contribution in [3.05, 3.63) is 29.8 Å². The number of hydrogen-bond acceptors (Lipinski definition) is 4. The molecule has 1 amide bonds. The van der Waals surface area contributed by atoms with E-state index in [4.69, 9.17) is 0 Å². The lowest BCUT2D eigenvalue weighted by Crippen LogP contribution is -2.49. The number of halogens is 3. The second-order valence-electron chi connectivity index (χ2n) is 5.99. The summed E-state index contributed by atoms with van der Waals surface area (Å²) in [5, 5.41) is 1.76. The fourth-order valence-electron chi connectivity index (χ4n) is 3.33. The van der Waals surface area contributed by atoms with Crippen LogP contribution in [0.5, 0.6) is 0 Å². The van der Waals surface area contributed by atoms with E-state index in [0.29, 0.717) is 25.5 Å². The summed E-state index contributed by atoms with van der Waals surface area (Å²) in [5.74, 6) is -0.119. The van der Waals surface area contributed by atoms with Gasteiger partial charge < -0.3 is 4.90 Å². The van der Waals surface area contributed by atoms with Gasteiger partial charge in [-0.05, 0) is 31.0 Å². The fraction of sp³-hybridized carbons (Fsp3) is 0.533. The molecule has 0 aliphatic carbocycles. The number of carbonyl (C=O) groups is 1. The van der Waals surface area contributed by atoms with Crippen molar-refractivity contribution in [1.82, 2.24) is 10.2 Å². The van der Waals surface area contributed by atoms with E-state index < -0.39 is 33.0 Å². The molecule has 2 saturated heterocycles. The number of fused-ring (bicyclic) bond motifs is 1. The van der Waals surface area contributed by atoms with E-state index in [2.05, 4.69) is 5.32 Å². The van der Waals surface area contributed by atoms with Gasteiger partial charge in [0.2, 0.25) is 5.91 Å². The highest BCUT2D eigenvalue weighted by atomic mass is 32.2. The molecule has 0 radical (unpaired) electrons. The first kappa shape index (κ1) is 17.2. The van der Waals surface area contributed by atoms with Gasteiger partial charge in [-0.1, -0.05) is 6.07 Å². The highest BCUT2D eigenvalue weighted by Crippen LogP contribution is 2.33. The number of hydrogen-bond donors (Lipinski definition) is 1. The maximum atomic E-state index is 12.9. The fourth-order valence-corrected chi connectivity index (χ4v) is 5.22. The minimum absolute atomic E-state index is 0.119. The third-order valence-electron chi connectivity index (χ3n) is 4.48. The third kappa shape index (κ3) is 3.02. The maximum absolute atomic E-state index is 12.9. The molecule has 2 fully saturated rings. The Morgan fingerprint density at radius 1 is 1.25 bits per heavy atom. The van der Waals surface area contributed by atoms with Crippen molar-refractivity contribution < 1.29 is 26.4 Å². The second kappa shape index (κ2) is 6.03. The van der Waals surface area contributed by atoms with Crippen LogP contribution in [0.3, 0.4) is 0 Å². The number of alkyl halides is 3. The zero-order valence-electron chi connectivity index (χ0n) is 12.7. The van der Waals surface area contributed by atoms with Gasteiger partial charge >= 0.3 is 6.18 Å². The van der Waals surface area contributed by atoms with Crippen molar-refractivity contribution in [2.45, 2.75) is 41.7 Å². The van der Waals surface area contributed by atoms with Crippen LogP contribution in [-0.4, -0.2) is 43.7 Å². The van der Waals surface area contributed by atoms with E-state index in [1.165, 1.54) is 4.90 Å². The Hall–Kier alpha value is -1.61. The molecular formula is C15H17F3N2O3S. The molecule has 2 aliphatic heterocycles. The zero-order chi connectivity index (χ0) is 17.5. The van der Waals surface area contributed by atoms with Gasteiger partial charge in [0.15, 0.2) is 9.84 Å². The number of nitrogens with zero attached hydrogens (tertiary/aromatic N) is 1. The topological polar surface area (TPSA) is 66.5 Å². The zero-order valence-corrected chi connectivity index (χ0v) is 13.5. The van der Waals surface area contributed by atoms with Gasteiger partial charge in [-0.25, -0.2) is 8.42 Å². The standard InChI is InChI=1S/C15H17F3N2O3S/c16-15(17,18)10-3-1-4-11(9-10)24(22,23)14-12-5-2-8-20(12)13(21)6-7-19-14/h1,3-4,9,12,14,19H,2,5-8H2. The van der Waals surface area contributed by atoms with Crippen LogP contribution < -0.4 is 5.32 Å². The molecule has 0 bridgehead atoms. The van der Waals surface area contributed by atoms with Crippen molar-refractivity contribution in [2.24, 2.45) is 0 Å². The van der Waals surface area contributed by atoms with Gasteiger partial charge in [0.05, 0.1) is 16.5 Å². The Morgan fingerprint density at radius 3 is 2.71 bits per heavy atom. The molecule has 5 nitrogen and oxygen atoms in total. The van der Waals surface area contributed by atoms with Gasteiger partial charge in [-0.15, -0.1) is 0 Å². The molecule has 0 spiro atoms. The Bertz CT molecular complexity index is 749. The summed E-state index contributed by atoms with van der Waals surface area (Å²) in [4.78, 5) is 13.2. The predicted molar refractivity (Wildman–Crippen MR) is 79.8 cm³/mol. The highest BCUT2D eigenvalue weighted by Gasteiger charge is 2.44. The van der Waals surface area contributed by atoms with Gasteiger partial charge in [0.25, 0.3) is 0 Å². The smallest absolute Gasteiger partial charge is 0.337 e. The summed E-state index contributed by atoms with van der Waals surface area (Å²) in [6.45, 7) is 0.675. The molecule has 2 aliphatic rings. The molecule has 1 N–H and O–H groups in total. The van der Waals surface area contributed by atoms with Crippen molar-refractivity contribution in [3.63, 3.8) is 0 Å². The van der Waals surface area contributed by atoms with Gasteiger partial charge in [0.1, 0.15) is 5.37 Å². The number of sulfone groups is 1. The Balaban J connectivity index is 1.99. The van der Waals surface area contributed by atoms with E-state index >= 15 is 0 Å². The van der Waals surface area contributed by atoms with Crippen LogP contribution in [0.2, 0.25) is 0 Å².